The van der Waals surface area contributed by atoms with Crippen molar-refractivity contribution >= 4 is 66.4 Å². The Labute approximate surface area is 497 Å². The average molecular weight is 1090 g/mol. The molecule has 0 saturated heterocycles. The van der Waals surface area contributed by atoms with Gasteiger partial charge in [-0.2, -0.15) is 0 Å². The molecular weight excluding hydrogens is 1000 g/mol. The first-order valence-corrected chi connectivity index (χ1v) is 33.0. The fourth-order valence-corrected chi connectivity index (χ4v) is 18.0. The summed E-state index contributed by atoms with van der Waals surface area (Å²) in [6.07, 6.45) is 26.8. The molecule has 0 bridgehead atoms. The van der Waals surface area contributed by atoms with Crippen molar-refractivity contribution in [3.05, 3.63) is 203 Å². The highest BCUT2D eigenvalue weighted by molar-refractivity contribution is 6.20. The standard InChI is InChI=1S/C81H90N2/c1-79(2,3)81(80(4,5)6)76-53-64-51-69(82(65-40-31-59(32-41-65)55-21-11-7-12-22-55)66-42-33-60(34-43-66)56-23-13-8-14-24-56)48-39-63(64)52-75(76)77-72-30-20-19-29-71(72)74-54-70(49-50-73(74)78(77)81)83(67-44-35-61(36-45-67)57-25-15-9-16-26-57)68-46-37-62(38-47-68)58-27-17-10-18-28-58/h19-20,29-58H,7-18,21-28H2,1-6H3. The quantitative estimate of drug-likeness (QED) is 0.126. The third-order valence-corrected chi connectivity index (χ3v) is 21.7. The lowest BCUT2D eigenvalue weighted by Crippen LogP contribution is -2.50. The molecule has 2 nitrogen and oxygen atoms in total. The van der Waals surface area contributed by atoms with Gasteiger partial charge in [-0.25, -0.2) is 0 Å². The highest BCUT2D eigenvalue weighted by atomic mass is 15.1. The van der Waals surface area contributed by atoms with Gasteiger partial charge in [-0.1, -0.05) is 204 Å². The van der Waals surface area contributed by atoms with Crippen molar-refractivity contribution in [2.75, 3.05) is 9.80 Å². The molecule has 0 radical (unpaired) electrons. The van der Waals surface area contributed by atoms with E-state index >= 15 is 0 Å². The van der Waals surface area contributed by atoms with E-state index in [1.165, 1.54) is 239 Å². The number of rotatable bonds is 10. The SMILES string of the molecule is CC(C)(C)C1(C(C)(C)C)c2cc3cc(N(c4ccc(C5CCCCC5)cc4)c4ccc(C5CCCCC5)cc4)ccc3cc2-c2c1c1ccc(N(c3ccc(C4CCCCC4)cc3)c3ccc(C4CCCCC4)cc3)cc1c1ccccc21. The minimum absolute atomic E-state index is 0.164. The first-order chi connectivity index (χ1) is 40.4. The van der Waals surface area contributed by atoms with E-state index in [-0.39, 0.29) is 16.2 Å². The zero-order valence-corrected chi connectivity index (χ0v) is 51.0. The number of hydrogen-bond donors (Lipinski definition) is 0. The Bertz CT molecular complexity index is 3630. The summed E-state index contributed by atoms with van der Waals surface area (Å²) in [5.41, 5.74) is 18.4. The lowest BCUT2D eigenvalue weighted by atomic mass is 9.49. The molecule has 424 valence electrons. The van der Waals surface area contributed by atoms with Gasteiger partial charge in [0.05, 0.1) is 0 Å². The molecular formula is C81H90N2. The molecule has 0 atom stereocenters. The Kier molecular flexibility index (Phi) is 14.5. The molecule has 0 amide bonds. The van der Waals surface area contributed by atoms with Gasteiger partial charge in [-0.05, 0) is 248 Å². The maximum atomic E-state index is 2.64. The first kappa shape index (κ1) is 54.3. The van der Waals surface area contributed by atoms with Crippen LogP contribution in [0.1, 0.15) is 227 Å². The summed E-state index contributed by atoms with van der Waals surface area (Å²) in [5.74, 6) is 2.68. The van der Waals surface area contributed by atoms with E-state index < -0.39 is 0 Å². The van der Waals surface area contributed by atoms with Crippen LogP contribution in [0.15, 0.2) is 170 Å². The van der Waals surface area contributed by atoms with E-state index in [0.717, 1.165) is 0 Å². The molecule has 5 aliphatic rings. The fraction of sp³-hybridized carbons (Fsp3) is 0.407. The van der Waals surface area contributed by atoms with Crippen LogP contribution in [0.4, 0.5) is 34.1 Å². The lowest BCUT2D eigenvalue weighted by Gasteiger charge is -2.53. The predicted octanol–water partition coefficient (Wildman–Crippen LogP) is 24.6. The van der Waals surface area contributed by atoms with Crippen LogP contribution >= 0.6 is 0 Å². The van der Waals surface area contributed by atoms with E-state index in [0.29, 0.717) is 23.7 Å². The van der Waals surface area contributed by atoms with Gasteiger partial charge >= 0.3 is 0 Å². The van der Waals surface area contributed by atoms with Gasteiger partial charge in [0.25, 0.3) is 0 Å². The van der Waals surface area contributed by atoms with E-state index in [2.05, 4.69) is 221 Å². The van der Waals surface area contributed by atoms with Gasteiger partial charge in [0.15, 0.2) is 0 Å². The predicted molar refractivity (Wildman–Crippen MR) is 357 cm³/mol. The average Bonchev–Trinajstić information content (AvgIpc) is 1.57. The minimum atomic E-state index is -0.355. The molecule has 0 heterocycles. The van der Waals surface area contributed by atoms with Crippen LogP contribution in [0.25, 0.3) is 43.4 Å². The molecule has 14 rings (SSSR count). The highest BCUT2D eigenvalue weighted by Crippen LogP contribution is 2.68. The summed E-state index contributed by atoms with van der Waals surface area (Å²) >= 11 is 0. The zero-order chi connectivity index (χ0) is 56.5. The highest BCUT2D eigenvalue weighted by Gasteiger charge is 2.59. The molecule has 9 aromatic carbocycles. The van der Waals surface area contributed by atoms with Gasteiger partial charge in [0.1, 0.15) is 0 Å². The second kappa shape index (κ2) is 22.1. The summed E-state index contributed by atoms with van der Waals surface area (Å²) in [6.45, 7) is 15.2. The molecule has 0 aromatic heterocycles. The van der Waals surface area contributed by atoms with Crippen LogP contribution in [0, 0.1) is 10.8 Å². The Balaban J connectivity index is 0.923. The maximum absolute atomic E-state index is 2.64. The van der Waals surface area contributed by atoms with Gasteiger partial charge in [0.2, 0.25) is 0 Å². The van der Waals surface area contributed by atoms with Crippen LogP contribution in [-0.2, 0) is 5.41 Å². The number of benzene rings is 9. The number of hydrogen-bond acceptors (Lipinski definition) is 2. The van der Waals surface area contributed by atoms with E-state index in [1.54, 1.807) is 0 Å². The monoisotopic (exact) mass is 1090 g/mol. The summed E-state index contributed by atoms with van der Waals surface area (Å²) in [5, 5.41) is 7.95. The maximum Gasteiger partial charge on any atom is 0.0468 e. The van der Waals surface area contributed by atoms with Crippen molar-refractivity contribution in [2.24, 2.45) is 10.8 Å². The van der Waals surface area contributed by atoms with Gasteiger partial charge in [0, 0.05) is 39.5 Å². The second-order valence-corrected chi connectivity index (χ2v) is 28.6. The van der Waals surface area contributed by atoms with Crippen molar-refractivity contribution in [1.29, 1.82) is 0 Å². The first-order valence-electron chi connectivity index (χ1n) is 33.0. The molecule has 4 saturated carbocycles. The number of fused-ring (bicyclic) bond motifs is 9. The number of nitrogens with zero attached hydrogens (tertiary/aromatic N) is 2. The largest absolute Gasteiger partial charge is 0.310 e. The number of anilines is 6. The summed E-state index contributed by atoms with van der Waals surface area (Å²) in [7, 11) is 0. The normalized spacial score (nSPS) is 18.4. The summed E-state index contributed by atoms with van der Waals surface area (Å²) in [6, 6.07) is 68.4. The van der Waals surface area contributed by atoms with Crippen molar-refractivity contribution in [2.45, 2.75) is 199 Å². The molecule has 4 fully saturated rings. The zero-order valence-electron chi connectivity index (χ0n) is 51.0. The Hall–Kier alpha value is -6.64. The third kappa shape index (κ3) is 9.71. The Morgan fingerprint density at radius 3 is 1.07 bits per heavy atom. The smallest absolute Gasteiger partial charge is 0.0468 e. The van der Waals surface area contributed by atoms with Crippen molar-refractivity contribution in [1.82, 2.24) is 0 Å². The van der Waals surface area contributed by atoms with Crippen LogP contribution in [-0.4, -0.2) is 0 Å². The Morgan fingerprint density at radius 2 is 0.675 bits per heavy atom. The van der Waals surface area contributed by atoms with E-state index in [9.17, 15) is 0 Å². The molecule has 2 heteroatoms. The third-order valence-electron chi connectivity index (χ3n) is 21.7. The molecule has 0 N–H and O–H groups in total. The lowest BCUT2D eigenvalue weighted by molar-refractivity contribution is 0.0965. The van der Waals surface area contributed by atoms with E-state index in [1.807, 2.05) is 0 Å². The van der Waals surface area contributed by atoms with Crippen LogP contribution in [0.5, 0.6) is 0 Å². The van der Waals surface area contributed by atoms with E-state index in [4.69, 9.17) is 0 Å². The van der Waals surface area contributed by atoms with Gasteiger partial charge in [-0.3, -0.25) is 0 Å². The molecule has 9 aromatic rings. The second-order valence-electron chi connectivity index (χ2n) is 28.6. The van der Waals surface area contributed by atoms with Crippen molar-refractivity contribution in [3.8, 4) is 11.1 Å². The van der Waals surface area contributed by atoms with Gasteiger partial charge < -0.3 is 9.80 Å². The van der Waals surface area contributed by atoms with Crippen LogP contribution < -0.4 is 9.80 Å². The fourth-order valence-electron chi connectivity index (χ4n) is 18.0. The molecule has 0 unspecified atom stereocenters. The van der Waals surface area contributed by atoms with Crippen molar-refractivity contribution in [3.63, 3.8) is 0 Å². The van der Waals surface area contributed by atoms with Crippen LogP contribution in [0.2, 0.25) is 0 Å². The summed E-state index contributed by atoms with van der Waals surface area (Å²) in [4.78, 5) is 5.09. The van der Waals surface area contributed by atoms with Gasteiger partial charge in [-0.15, -0.1) is 0 Å². The van der Waals surface area contributed by atoms with Crippen LogP contribution in [0.3, 0.4) is 0 Å². The Morgan fingerprint density at radius 1 is 0.313 bits per heavy atom. The van der Waals surface area contributed by atoms with Crippen molar-refractivity contribution < 1.29 is 0 Å². The molecule has 0 aliphatic heterocycles. The minimum Gasteiger partial charge on any atom is -0.310 e. The molecule has 0 spiro atoms. The molecule has 83 heavy (non-hydrogen) atoms. The summed E-state index contributed by atoms with van der Waals surface area (Å²) < 4.78 is 0. The topological polar surface area (TPSA) is 6.48 Å². The molecule has 5 aliphatic carbocycles.